The summed E-state index contributed by atoms with van der Waals surface area (Å²) in [6.07, 6.45) is -2.86. The minimum Gasteiger partial charge on any atom is -0.496 e. The van der Waals surface area contributed by atoms with E-state index < -0.39 is 68.3 Å². The van der Waals surface area contributed by atoms with Gasteiger partial charge in [0.15, 0.2) is 0 Å². The molecule has 0 aliphatic heterocycles. The molecule has 3 amide bonds. The predicted molar refractivity (Wildman–Crippen MR) is 177 cm³/mol. The molecule has 9 nitrogen and oxygen atoms in total. The molecule has 3 N–H and O–H groups in total. The summed E-state index contributed by atoms with van der Waals surface area (Å²) in [6.45, 7) is 3.76. The van der Waals surface area contributed by atoms with Gasteiger partial charge in [0.2, 0.25) is 15.9 Å². The summed E-state index contributed by atoms with van der Waals surface area (Å²) in [5, 5.41) is 4.78. The van der Waals surface area contributed by atoms with Gasteiger partial charge >= 0.3 is 6.18 Å². The van der Waals surface area contributed by atoms with Gasteiger partial charge in [-0.25, -0.2) is 21.9 Å². The van der Waals surface area contributed by atoms with Crippen LogP contribution in [0.2, 0.25) is 0 Å². The van der Waals surface area contributed by atoms with E-state index in [0.717, 1.165) is 29.3 Å². The third-order valence-corrected chi connectivity index (χ3v) is 11.6. The number of hydrogen-bond acceptors (Lipinski definition) is 6. The fraction of sp³-hybridized carbons (Fsp3) is 0.361. The Balaban J connectivity index is 1.29. The van der Waals surface area contributed by atoms with E-state index in [1.807, 2.05) is 18.6 Å². The molecular weight excluding hydrogens is 697 g/mol. The normalized spacial score (nSPS) is 21.3. The van der Waals surface area contributed by atoms with Crippen LogP contribution in [-0.4, -0.2) is 44.5 Å². The number of nitrogens with one attached hydrogen (secondary N) is 3. The molecule has 0 spiro atoms. The Morgan fingerprint density at radius 3 is 2.18 bits per heavy atom. The maximum Gasteiger partial charge on any atom is 0.419 e. The number of alkyl halides is 3. The lowest BCUT2D eigenvalue weighted by atomic mass is 9.83. The summed E-state index contributed by atoms with van der Waals surface area (Å²) in [7, 11) is -2.54. The first kappa shape index (κ1) is 36.0. The Morgan fingerprint density at radius 1 is 0.843 bits per heavy atom. The van der Waals surface area contributed by atoms with Crippen LogP contribution in [0.4, 0.5) is 27.6 Å². The zero-order valence-corrected chi connectivity index (χ0v) is 28.5. The van der Waals surface area contributed by atoms with Gasteiger partial charge < -0.3 is 15.4 Å². The van der Waals surface area contributed by atoms with Gasteiger partial charge in [0.05, 0.1) is 29.4 Å². The molecule has 0 heterocycles. The van der Waals surface area contributed by atoms with Crippen LogP contribution in [0.1, 0.15) is 65.8 Å². The molecule has 0 aromatic heterocycles. The molecule has 15 heteroatoms. The molecule has 4 atom stereocenters. The molecular formula is C36H34F5N3O6S. The van der Waals surface area contributed by atoms with Gasteiger partial charge in [-0.15, -0.1) is 0 Å². The number of ether oxygens (including phenoxy) is 1. The highest BCUT2D eigenvalue weighted by Gasteiger charge is 2.55. The molecule has 2 bridgehead atoms. The number of allylic oxidation sites excluding steroid dienone is 1. The van der Waals surface area contributed by atoms with Crippen LogP contribution in [0.15, 0.2) is 65.7 Å². The van der Waals surface area contributed by atoms with Crippen molar-refractivity contribution in [2.75, 3.05) is 12.4 Å². The zero-order valence-electron chi connectivity index (χ0n) is 27.7. The molecule has 3 fully saturated rings. The Labute approximate surface area is 290 Å². The van der Waals surface area contributed by atoms with Crippen LogP contribution in [-0.2, 0) is 21.0 Å². The van der Waals surface area contributed by atoms with Gasteiger partial charge in [0, 0.05) is 28.8 Å². The fourth-order valence-electron chi connectivity index (χ4n) is 7.33. The number of anilines is 1. The minimum atomic E-state index is -4.98. The molecule has 51 heavy (non-hydrogen) atoms. The Morgan fingerprint density at radius 2 is 1.53 bits per heavy atom. The Hall–Kier alpha value is -4.79. The molecule has 3 aromatic carbocycles. The van der Waals surface area contributed by atoms with E-state index in [9.17, 15) is 40.4 Å². The summed E-state index contributed by atoms with van der Waals surface area (Å²) >= 11 is 0. The van der Waals surface area contributed by atoms with Crippen molar-refractivity contribution in [3.63, 3.8) is 0 Å². The van der Waals surface area contributed by atoms with E-state index in [0.29, 0.717) is 37.8 Å². The number of hydrogen-bond donors (Lipinski definition) is 3. The number of amides is 3. The van der Waals surface area contributed by atoms with E-state index in [-0.39, 0.29) is 45.5 Å². The number of benzene rings is 3. The maximum absolute atomic E-state index is 15.2. The van der Waals surface area contributed by atoms with E-state index in [1.54, 1.807) is 0 Å². The monoisotopic (exact) mass is 731 g/mol. The lowest BCUT2D eigenvalue weighted by Crippen LogP contribution is -2.48. The van der Waals surface area contributed by atoms with Gasteiger partial charge in [-0.1, -0.05) is 17.2 Å². The number of carbonyl (C=O) groups is 3. The SMILES string of the molecule is COc1ccc(-c2cc(C(=O)NS(=O)(=O)C3CC3)ccc2F)cc1C(=O)N[C@@H]1C2CCC(C2=C(C)C)[C@@H]1C(=O)Nc1ccc(F)c(C(F)(F)F)c1. The van der Waals surface area contributed by atoms with Gasteiger partial charge in [0.25, 0.3) is 11.8 Å². The molecule has 3 aliphatic carbocycles. The van der Waals surface area contributed by atoms with Crippen molar-refractivity contribution < 1.29 is 49.5 Å². The molecule has 270 valence electrons. The molecule has 3 aromatic rings. The topological polar surface area (TPSA) is 131 Å². The van der Waals surface area contributed by atoms with Crippen LogP contribution < -0.4 is 20.1 Å². The van der Waals surface area contributed by atoms with Crippen LogP contribution in [0.3, 0.4) is 0 Å². The summed E-state index contributed by atoms with van der Waals surface area (Å²) in [6, 6.07) is 8.96. The molecule has 0 saturated heterocycles. The van der Waals surface area contributed by atoms with Crippen LogP contribution >= 0.6 is 0 Å². The zero-order chi connectivity index (χ0) is 37.0. The highest BCUT2D eigenvalue weighted by Crippen LogP contribution is 2.54. The summed E-state index contributed by atoms with van der Waals surface area (Å²) < 4.78 is 101. The van der Waals surface area contributed by atoms with Crippen molar-refractivity contribution in [1.82, 2.24) is 10.0 Å². The average Bonchev–Trinajstić information content (AvgIpc) is 3.79. The first-order valence-electron chi connectivity index (χ1n) is 16.2. The van der Waals surface area contributed by atoms with Crippen LogP contribution in [0, 0.1) is 29.4 Å². The van der Waals surface area contributed by atoms with Gasteiger partial charge in [-0.2, -0.15) is 13.2 Å². The lowest BCUT2D eigenvalue weighted by Gasteiger charge is -2.30. The highest BCUT2D eigenvalue weighted by molar-refractivity contribution is 7.91. The van der Waals surface area contributed by atoms with Gasteiger partial charge in [-0.3, -0.25) is 14.4 Å². The predicted octanol–water partition coefficient (Wildman–Crippen LogP) is 6.61. The van der Waals surface area contributed by atoms with Crippen LogP contribution in [0.25, 0.3) is 11.1 Å². The van der Waals surface area contributed by atoms with Crippen molar-refractivity contribution in [1.29, 1.82) is 0 Å². The summed E-state index contributed by atoms with van der Waals surface area (Å²) in [4.78, 5) is 40.5. The molecule has 6 rings (SSSR count). The highest BCUT2D eigenvalue weighted by atomic mass is 32.2. The van der Waals surface area contributed by atoms with Crippen molar-refractivity contribution >= 4 is 33.4 Å². The van der Waals surface area contributed by atoms with E-state index >= 15 is 4.39 Å². The second-order valence-corrected chi connectivity index (χ2v) is 15.2. The second-order valence-electron chi connectivity index (χ2n) is 13.2. The van der Waals surface area contributed by atoms with Crippen molar-refractivity contribution in [3.05, 3.63) is 94.1 Å². The number of fused-ring (bicyclic) bond motifs is 2. The Kier molecular flexibility index (Phi) is 9.46. The molecule has 2 unspecified atom stereocenters. The first-order chi connectivity index (χ1) is 24.0. The maximum atomic E-state index is 15.2. The molecule has 3 aliphatic rings. The van der Waals surface area contributed by atoms with E-state index in [4.69, 9.17) is 4.74 Å². The van der Waals surface area contributed by atoms with Gasteiger partial charge in [-0.05, 0) is 99.5 Å². The lowest BCUT2D eigenvalue weighted by molar-refractivity contribution is -0.140. The Bertz CT molecular complexity index is 2080. The van der Waals surface area contributed by atoms with E-state index in [1.165, 1.54) is 31.4 Å². The number of rotatable bonds is 9. The summed E-state index contributed by atoms with van der Waals surface area (Å²) in [5.41, 5.74) is 0.0606. The third kappa shape index (κ3) is 7.08. The fourth-order valence-corrected chi connectivity index (χ4v) is 8.63. The number of sulfonamides is 1. The van der Waals surface area contributed by atoms with Crippen LogP contribution in [0.5, 0.6) is 5.75 Å². The van der Waals surface area contributed by atoms with Crippen molar-refractivity contribution in [2.45, 2.75) is 57.0 Å². The average molecular weight is 732 g/mol. The number of halogens is 5. The smallest absolute Gasteiger partial charge is 0.419 e. The second kappa shape index (κ2) is 13.4. The largest absolute Gasteiger partial charge is 0.496 e. The number of methoxy groups -OCH3 is 1. The minimum absolute atomic E-state index is 0.0328. The van der Waals surface area contributed by atoms with E-state index in [2.05, 4.69) is 10.6 Å². The summed E-state index contributed by atoms with van der Waals surface area (Å²) in [5.74, 6) is -5.83. The molecule has 0 radical (unpaired) electrons. The van der Waals surface area contributed by atoms with Crippen molar-refractivity contribution in [3.8, 4) is 16.9 Å². The van der Waals surface area contributed by atoms with Crippen molar-refractivity contribution in [2.24, 2.45) is 17.8 Å². The van der Waals surface area contributed by atoms with Gasteiger partial charge in [0.1, 0.15) is 17.4 Å². The molecule has 3 saturated carbocycles. The first-order valence-corrected chi connectivity index (χ1v) is 17.7. The quantitative estimate of drug-likeness (QED) is 0.168. The number of carbonyl (C=O) groups excluding carboxylic acids is 3. The third-order valence-electron chi connectivity index (χ3n) is 9.74. The standard InChI is InChI=1S/C36H34F5N3O6S/c1-17(2)30-22-9-10-23(30)32(31(22)35(47)42-20-6-12-28(38)26(16-20)36(39,40)41)43-34(46)25-14-18(5-13-29(25)50-3)24-15-19(4-11-27(24)37)33(45)44-51(48,49)21-7-8-21/h4-6,11-16,21-23,31-32H,7-10H2,1-3H3,(H,42,47)(H,43,46)(H,44,45)/t22?,23?,31-,32+/m0/s1.